The molecule has 2 heterocycles. The standard InChI is InChI=1S/C24H20S2/c1-23(2)15-11-7-5-9-13(15)19-17(23)21-22(25-19)18-20(26-21)14-10-6-8-12-16(14)24(18,3)4/h5-12H,1-4H3. The molecule has 2 aliphatic rings. The largest absolute Gasteiger partial charge is 0.134 e. The van der Waals surface area contributed by atoms with Gasteiger partial charge in [-0.2, -0.15) is 0 Å². The van der Waals surface area contributed by atoms with Crippen LogP contribution in [0.1, 0.15) is 49.9 Å². The van der Waals surface area contributed by atoms with Crippen LogP contribution in [0.2, 0.25) is 0 Å². The monoisotopic (exact) mass is 372 g/mol. The van der Waals surface area contributed by atoms with Gasteiger partial charge >= 0.3 is 0 Å². The van der Waals surface area contributed by atoms with E-state index in [0.717, 1.165) is 0 Å². The molecule has 0 aliphatic heterocycles. The smallest absolute Gasteiger partial charge is 0.0507 e. The lowest BCUT2D eigenvalue weighted by Crippen LogP contribution is -2.15. The molecule has 2 aromatic heterocycles. The molecule has 0 fully saturated rings. The van der Waals surface area contributed by atoms with E-state index < -0.39 is 0 Å². The molecule has 0 radical (unpaired) electrons. The molecule has 26 heavy (non-hydrogen) atoms. The van der Waals surface area contributed by atoms with Gasteiger partial charge in [0, 0.05) is 20.6 Å². The predicted octanol–water partition coefficient (Wildman–Crippen LogP) is 7.58. The van der Waals surface area contributed by atoms with Gasteiger partial charge in [-0.3, -0.25) is 0 Å². The molecular formula is C24H20S2. The van der Waals surface area contributed by atoms with Crippen molar-refractivity contribution in [2.75, 3.05) is 0 Å². The fourth-order valence-corrected chi connectivity index (χ4v) is 8.76. The van der Waals surface area contributed by atoms with Crippen LogP contribution < -0.4 is 0 Å². The second-order valence-corrected chi connectivity index (χ2v) is 10.7. The van der Waals surface area contributed by atoms with Crippen molar-refractivity contribution in [2.24, 2.45) is 0 Å². The van der Waals surface area contributed by atoms with Crippen LogP contribution in [0.25, 0.3) is 30.3 Å². The summed E-state index contributed by atoms with van der Waals surface area (Å²) >= 11 is 4.05. The summed E-state index contributed by atoms with van der Waals surface area (Å²) < 4.78 is 3.05. The highest BCUT2D eigenvalue weighted by Crippen LogP contribution is 2.63. The summed E-state index contributed by atoms with van der Waals surface area (Å²) in [7, 11) is 0. The minimum Gasteiger partial charge on any atom is -0.134 e. The van der Waals surface area contributed by atoms with Crippen molar-refractivity contribution in [3.8, 4) is 20.9 Å². The number of thiophene rings is 2. The van der Waals surface area contributed by atoms with E-state index in [1.807, 2.05) is 22.7 Å². The molecule has 0 amide bonds. The Morgan fingerprint density at radius 2 is 0.962 bits per heavy atom. The summed E-state index contributed by atoms with van der Waals surface area (Å²) in [5, 5.41) is 0. The molecule has 0 N–H and O–H groups in total. The Hall–Kier alpha value is -1.90. The molecule has 6 rings (SSSR count). The van der Waals surface area contributed by atoms with Crippen LogP contribution in [0.5, 0.6) is 0 Å². The van der Waals surface area contributed by atoms with E-state index in [4.69, 9.17) is 0 Å². The highest BCUT2D eigenvalue weighted by atomic mass is 32.1. The molecule has 0 bridgehead atoms. The van der Waals surface area contributed by atoms with Crippen LogP contribution in [0, 0.1) is 0 Å². The number of hydrogen-bond acceptors (Lipinski definition) is 2. The maximum Gasteiger partial charge on any atom is 0.0507 e. The minimum absolute atomic E-state index is 0.0897. The van der Waals surface area contributed by atoms with E-state index >= 15 is 0 Å². The lowest BCUT2D eigenvalue weighted by molar-refractivity contribution is 0.665. The molecule has 128 valence electrons. The Balaban J connectivity index is 1.74. The van der Waals surface area contributed by atoms with Gasteiger partial charge in [-0.25, -0.2) is 0 Å². The molecule has 0 unspecified atom stereocenters. The molecule has 0 saturated carbocycles. The number of benzene rings is 2. The normalized spacial score (nSPS) is 17.8. The molecule has 2 aliphatic carbocycles. The lowest BCUT2D eigenvalue weighted by atomic mass is 9.81. The molecule has 2 heteroatoms. The van der Waals surface area contributed by atoms with Gasteiger partial charge in [0.2, 0.25) is 0 Å². The third-order valence-corrected chi connectivity index (χ3v) is 9.07. The van der Waals surface area contributed by atoms with E-state index in [9.17, 15) is 0 Å². The molecule has 2 aromatic carbocycles. The summed E-state index contributed by atoms with van der Waals surface area (Å²) in [5.41, 5.74) is 9.16. The first-order chi connectivity index (χ1) is 12.4. The fraction of sp³-hybridized carbons (Fsp3) is 0.250. The summed E-state index contributed by atoms with van der Waals surface area (Å²) in [6.45, 7) is 9.59. The van der Waals surface area contributed by atoms with Crippen molar-refractivity contribution in [2.45, 2.75) is 38.5 Å². The minimum atomic E-state index is 0.0897. The van der Waals surface area contributed by atoms with Gasteiger partial charge in [0.25, 0.3) is 0 Å². The maximum atomic E-state index is 2.40. The zero-order valence-corrected chi connectivity index (χ0v) is 17.1. The van der Waals surface area contributed by atoms with Crippen molar-refractivity contribution in [3.63, 3.8) is 0 Å². The topological polar surface area (TPSA) is 0 Å². The zero-order chi connectivity index (χ0) is 17.8. The van der Waals surface area contributed by atoms with Gasteiger partial charge in [0.15, 0.2) is 0 Å². The quantitative estimate of drug-likeness (QED) is 0.298. The van der Waals surface area contributed by atoms with Crippen molar-refractivity contribution < 1.29 is 0 Å². The van der Waals surface area contributed by atoms with E-state index in [1.165, 1.54) is 41.4 Å². The molecule has 0 saturated heterocycles. The predicted molar refractivity (Wildman–Crippen MR) is 115 cm³/mol. The van der Waals surface area contributed by atoms with Gasteiger partial charge in [0.05, 0.1) is 9.40 Å². The van der Waals surface area contributed by atoms with Crippen molar-refractivity contribution in [1.82, 2.24) is 0 Å². The van der Waals surface area contributed by atoms with E-state index in [-0.39, 0.29) is 10.8 Å². The van der Waals surface area contributed by atoms with Crippen LogP contribution in [0.15, 0.2) is 48.5 Å². The Kier molecular flexibility index (Phi) is 2.63. The van der Waals surface area contributed by atoms with Crippen LogP contribution in [0.4, 0.5) is 0 Å². The van der Waals surface area contributed by atoms with E-state index in [2.05, 4.69) is 76.2 Å². The van der Waals surface area contributed by atoms with Gasteiger partial charge in [0.1, 0.15) is 0 Å². The summed E-state index contributed by atoms with van der Waals surface area (Å²) in [6.07, 6.45) is 0. The Bertz CT molecular complexity index is 1130. The third kappa shape index (κ3) is 1.53. The third-order valence-electron chi connectivity index (χ3n) is 6.46. The van der Waals surface area contributed by atoms with Crippen molar-refractivity contribution >= 4 is 32.1 Å². The lowest BCUT2D eigenvalue weighted by Gasteiger charge is -2.22. The van der Waals surface area contributed by atoms with Gasteiger partial charge in [-0.1, -0.05) is 76.2 Å². The second kappa shape index (κ2) is 4.49. The van der Waals surface area contributed by atoms with Gasteiger partial charge in [-0.15, -0.1) is 22.7 Å². The van der Waals surface area contributed by atoms with Crippen molar-refractivity contribution in [3.05, 3.63) is 70.8 Å². The Labute approximate surface area is 162 Å². The number of rotatable bonds is 0. The first kappa shape index (κ1) is 15.2. The maximum absolute atomic E-state index is 2.40. The van der Waals surface area contributed by atoms with Crippen molar-refractivity contribution in [1.29, 1.82) is 0 Å². The Morgan fingerprint density at radius 3 is 1.38 bits per heavy atom. The number of fused-ring (bicyclic) bond motifs is 9. The molecule has 0 nitrogen and oxygen atoms in total. The molecule has 0 spiro atoms. The first-order valence-corrected chi connectivity index (χ1v) is 10.9. The highest BCUT2D eigenvalue weighted by molar-refractivity contribution is 7.32. The van der Waals surface area contributed by atoms with Gasteiger partial charge in [-0.05, 0) is 33.4 Å². The average molecular weight is 373 g/mol. The summed E-state index contributed by atoms with van der Waals surface area (Å²) in [6, 6.07) is 18.0. The zero-order valence-electron chi connectivity index (χ0n) is 15.4. The van der Waals surface area contributed by atoms with E-state index in [0.29, 0.717) is 0 Å². The van der Waals surface area contributed by atoms with E-state index in [1.54, 1.807) is 11.1 Å². The average Bonchev–Trinajstić information content (AvgIpc) is 3.27. The fourth-order valence-electron chi connectivity index (χ4n) is 5.17. The number of hydrogen-bond donors (Lipinski definition) is 0. The molecule has 0 atom stereocenters. The Morgan fingerprint density at radius 1 is 0.577 bits per heavy atom. The SMILES string of the molecule is CC1(C)c2ccccc2-c2sc3c4c(sc3c21)-c1ccccc1C4(C)C. The summed E-state index contributed by atoms with van der Waals surface area (Å²) in [5.74, 6) is 0. The molecular weight excluding hydrogens is 352 g/mol. The summed E-state index contributed by atoms with van der Waals surface area (Å²) in [4.78, 5) is 3.00. The second-order valence-electron chi connectivity index (χ2n) is 8.61. The van der Waals surface area contributed by atoms with Crippen LogP contribution in [-0.4, -0.2) is 0 Å². The van der Waals surface area contributed by atoms with Crippen LogP contribution in [-0.2, 0) is 10.8 Å². The van der Waals surface area contributed by atoms with Crippen LogP contribution in [0.3, 0.4) is 0 Å². The highest BCUT2D eigenvalue weighted by Gasteiger charge is 2.44. The van der Waals surface area contributed by atoms with Crippen LogP contribution >= 0.6 is 22.7 Å². The first-order valence-electron chi connectivity index (χ1n) is 9.22. The van der Waals surface area contributed by atoms with Gasteiger partial charge < -0.3 is 0 Å². The molecule has 4 aromatic rings.